The molecule has 6 heteroatoms. The number of carbonyl (C=O) groups excluding carboxylic acids is 1. The molecule has 1 aliphatic heterocycles. The van der Waals surface area contributed by atoms with Gasteiger partial charge in [0.05, 0.1) is 5.75 Å². The van der Waals surface area contributed by atoms with Crippen molar-refractivity contribution in [2.75, 3.05) is 32.1 Å². The number of rotatable bonds is 6. The van der Waals surface area contributed by atoms with Gasteiger partial charge in [-0.1, -0.05) is 0 Å². The van der Waals surface area contributed by atoms with Gasteiger partial charge in [0.15, 0.2) is 0 Å². The molecule has 1 unspecified atom stereocenters. The summed E-state index contributed by atoms with van der Waals surface area (Å²) in [6.07, 6.45) is 5.51. The lowest BCUT2D eigenvalue weighted by atomic mass is 10.0. The lowest BCUT2D eigenvalue weighted by molar-refractivity contribution is -0.133. The van der Waals surface area contributed by atoms with Gasteiger partial charge < -0.3 is 10.2 Å². The molecule has 0 spiro atoms. The highest BCUT2D eigenvalue weighted by Crippen LogP contribution is 2.50. The van der Waals surface area contributed by atoms with Gasteiger partial charge in [0, 0.05) is 31.8 Å². The van der Waals surface area contributed by atoms with Gasteiger partial charge in [-0.05, 0) is 38.1 Å². The van der Waals surface area contributed by atoms with Gasteiger partial charge in [0.2, 0.25) is 5.91 Å². The van der Waals surface area contributed by atoms with E-state index in [-0.39, 0.29) is 23.1 Å². The topological polar surface area (TPSA) is 66.5 Å². The van der Waals surface area contributed by atoms with Crippen molar-refractivity contribution in [2.45, 2.75) is 38.1 Å². The van der Waals surface area contributed by atoms with Crippen LogP contribution >= 0.6 is 0 Å². The van der Waals surface area contributed by atoms with E-state index in [1.165, 1.54) is 6.26 Å². The number of likely N-dealkylation sites (tertiary alicyclic amines) is 1. The van der Waals surface area contributed by atoms with Crippen molar-refractivity contribution in [3.8, 4) is 0 Å². The molecule has 1 saturated carbocycles. The van der Waals surface area contributed by atoms with Crippen molar-refractivity contribution in [1.82, 2.24) is 10.2 Å². The second kappa shape index (κ2) is 5.40. The van der Waals surface area contributed by atoms with E-state index in [0.717, 1.165) is 38.8 Å². The normalized spacial score (nSPS) is 25.6. The molecule has 2 aliphatic rings. The van der Waals surface area contributed by atoms with Gasteiger partial charge in [-0.3, -0.25) is 4.79 Å². The maximum absolute atomic E-state index is 12.4. The molecule has 110 valence electrons. The van der Waals surface area contributed by atoms with Crippen LogP contribution in [0.1, 0.15) is 32.1 Å². The predicted molar refractivity (Wildman–Crippen MR) is 74.7 cm³/mol. The van der Waals surface area contributed by atoms with E-state index in [2.05, 4.69) is 5.32 Å². The average molecular weight is 288 g/mol. The third-order valence-corrected chi connectivity index (χ3v) is 5.33. The molecule has 2 rings (SSSR count). The van der Waals surface area contributed by atoms with E-state index in [9.17, 15) is 13.2 Å². The predicted octanol–water partition coefficient (Wildman–Crippen LogP) is 0.412. The summed E-state index contributed by atoms with van der Waals surface area (Å²) >= 11 is 0. The fourth-order valence-electron chi connectivity index (χ4n) is 3.14. The first-order chi connectivity index (χ1) is 8.85. The number of likely N-dealkylation sites (N-methyl/N-ethyl adjacent to an activating group) is 1. The van der Waals surface area contributed by atoms with E-state index in [1.807, 2.05) is 11.9 Å². The molecule has 1 aliphatic carbocycles. The molecule has 1 heterocycles. The van der Waals surface area contributed by atoms with E-state index < -0.39 is 9.84 Å². The van der Waals surface area contributed by atoms with Crippen molar-refractivity contribution < 1.29 is 13.2 Å². The van der Waals surface area contributed by atoms with Crippen molar-refractivity contribution in [1.29, 1.82) is 0 Å². The van der Waals surface area contributed by atoms with Crippen molar-refractivity contribution in [3.63, 3.8) is 0 Å². The van der Waals surface area contributed by atoms with Crippen LogP contribution in [-0.2, 0) is 14.6 Å². The van der Waals surface area contributed by atoms with Crippen LogP contribution in [0, 0.1) is 5.41 Å². The molecule has 0 aromatic carbocycles. The number of nitrogens with one attached hydrogen (secondary N) is 1. The van der Waals surface area contributed by atoms with Crippen molar-refractivity contribution >= 4 is 15.7 Å². The van der Waals surface area contributed by atoms with Gasteiger partial charge >= 0.3 is 0 Å². The maximum atomic E-state index is 12.4. The molecule has 1 atom stereocenters. The number of hydrogen-bond donors (Lipinski definition) is 1. The number of nitrogens with zero attached hydrogens (tertiary/aromatic N) is 1. The molecule has 19 heavy (non-hydrogen) atoms. The lowest BCUT2D eigenvalue weighted by Gasteiger charge is -2.26. The molecule has 0 aromatic heterocycles. The summed E-state index contributed by atoms with van der Waals surface area (Å²) in [5.74, 6) is 0.301. The Morgan fingerprint density at radius 3 is 2.63 bits per heavy atom. The molecule has 1 N–H and O–H groups in total. The minimum absolute atomic E-state index is 0.138. The number of sulfone groups is 1. The summed E-state index contributed by atoms with van der Waals surface area (Å²) in [5, 5.41) is 3.12. The van der Waals surface area contributed by atoms with E-state index in [4.69, 9.17) is 0 Å². The second-order valence-corrected chi connectivity index (χ2v) is 8.33. The summed E-state index contributed by atoms with van der Waals surface area (Å²) in [5.41, 5.74) is -0.253. The Morgan fingerprint density at radius 2 is 2.11 bits per heavy atom. The third-order valence-electron chi connectivity index (χ3n) is 4.19. The Morgan fingerprint density at radius 1 is 1.42 bits per heavy atom. The van der Waals surface area contributed by atoms with Crippen molar-refractivity contribution in [3.05, 3.63) is 0 Å². The molecule has 5 nitrogen and oxygen atoms in total. The average Bonchev–Trinajstić information content (AvgIpc) is 2.85. The zero-order valence-electron chi connectivity index (χ0n) is 11.8. The van der Waals surface area contributed by atoms with Crippen LogP contribution in [0.3, 0.4) is 0 Å². The summed E-state index contributed by atoms with van der Waals surface area (Å²) < 4.78 is 22.8. The molecule has 1 saturated heterocycles. The Bertz CT molecular complexity index is 443. The molecule has 2 fully saturated rings. The lowest BCUT2D eigenvalue weighted by Crippen LogP contribution is -2.42. The largest absolute Gasteiger partial charge is 0.338 e. The van der Waals surface area contributed by atoms with Crippen LogP contribution in [0.25, 0.3) is 0 Å². The Hall–Kier alpha value is -0.620. The van der Waals surface area contributed by atoms with Gasteiger partial charge in [-0.15, -0.1) is 0 Å². The van der Waals surface area contributed by atoms with E-state index in [0.29, 0.717) is 6.42 Å². The zero-order valence-corrected chi connectivity index (χ0v) is 12.6. The van der Waals surface area contributed by atoms with E-state index >= 15 is 0 Å². The SMILES string of the molecule is CNCC1CCCN1C(=O)CC1(CS(C)(=O)=O)CC1. The van der Waals surface area contributed by atoms with Gasteiger partial charge in [-0.2, -0.15) is 0 Å². The zero-order chi connectivity index (χ0) is 14.1. The smallest absolute Gasteiger partial charge is 0.223 e. The third kappa shape index (κ3) is 3.92. The highest BCUT2D eigenvalue weighted by atomic mass is 32.2. The van der Waals surface area contributed by atoms with Crippen LogP contribution in [0.15, 0.2) is 0 Å². The second-order valence-electron chi connectivity index (χ2n) is 6.19. The Labute approximate surface area is 115 Å². The molecule has 1 amide bonds. The van der Waals surface area contributed by atoms with Gasteiger partial charge in [-0.25, -0.2) is 8.42 Å². The van der Waals surface area contributed by atoms with Crippen LogP contribution < -0.4 is 5.32 Å². The summed E-state index contributed by atoms with van der Waals surface area (Å²) in [4.78, 5) is 14.3. The highest BCUT2D eigenvalue weighted by Gasteiger charge is 2.48. The quantitative estimate of drug-likeness (QED) is 0.769. The number of amides is 1. The van der Waals surface area contributed by atoms with Gasteiger partial charge in [0.25, 0.3) is 0 Å². The number of hydrogen-bond acceptors (Lipinski definition) is 4. The molecular weight excluding hydrogens is 264 g/mol. The van der Waals surface area contributed by atoms with Crippen LogP contribution in [-0.4, -0.2) is 57.4 Å². The van der Waals surface area contributed by atoms with E-state index in [1.54, 1.807) is 0 Å². The summed E-state index contributed by atoms with van der Waals surface area (Å²) in [6.45, 7) is 1.64. The maximum Gasteiger partial charge on any atom is 0.223 e. The highest BCUT2D eigenvalue weighted by molar-refractivity contribution is 7.90. The first-order valence-electron chi connectivity index (χ1n) is 6.97. The fraction of sp³-hybridized carbons (Fsp3) is 0.923. The van der Waals surface area contributed by atoms with Crippen LogP contribution in [0.2, 0.25) is 0 Å². The number of carbonyl (C=O) groups is 1. The van der Waals surface area contributed by atoms with Crippen LogP contribution in [0.4, 0.5) is 0 Å². The summed E-state index contributed by atoms with van der Waals surface area (Å²) in [7, 11) is -1.10. The molecule has 0 bridgehead atoms. The first kappa shape index (κ1) is 14.8. The monoisotopic (exact) mass is 288 g/mol. The first-order valence-corrected chi connectivity index (χ1v) is 9.03. The molecular formula is C13H24N2O3S. The minimum atomic E-state index is -3.00. The minimum Gasteiger partial charge on any atom is -0.338 e. The Balaban J connectivity index is 1.94. The standard InChI is InChI=1S/C13H24N2O3S/c1-14-9-11-4-3-7-15(11)12(16)8-13(5-6-13)10-19(2,17)18/h11,14H,3-10H2,1-2H3. The fourth-order valence-corrected chi connectivity index (χ4v) is 4.64. The van der Waals surface area contributed by atoms with Crippen LogP contribution in [0.5, 0.6) is 0 Å². The van der Waals surface area contributed by atoms with Crippen molar-refractivity contribution in [2.24, 2.45) is 5.41 Å². The summed E-state index contributed by atoms with van der Waals surface area (Å²) in [6, 6.07) is 0.284. The Kier molecular flexibility index (Phi) is 4.20. The van der Waals surface area contributed by atoms with Gasteiger partial charge in [0.1, 0.15) is 9.84 Å². The molecule has 0 aromatic rings. The molecule has 0 radical (unpaired) electrons.